The Kier molecular flexibility index (Phi) is 3.47. The second-order valence-electron chi connectivity index (χ2n) is 4.26. The first-order valence-corrected chi connectivity index (χ1v) is 6.78. The first-order chi connectivity index (χ1) is 8.73. The molecule has 0 bridgehead atoms. The van der Waals surface area contributed by atoms with Crippen LogP contribution in [0, 0.1) is 11.6 Å². The molecule has 19 heavy (non-hydrogen) atoms. The summed E-state index contributed by atoms with van der Waals surface area (Å²) >= 11 is 0. The molecule has 2 rings (SSSR count). The van der Waals surface area contributed by atoms with E-state index in [1.54, 1.807) is 0 Å². The minimum atomic E-state index is -4.28. The summed E-state index contributed by atoms with van der Waals surface area (Å²) in [5.74, 6) is -2.33. The van der Waals surface area contributed by atoms with Crippen molar-refractivity contribution in [3.63, 3.8) is 0 Å². The van der Waals surface area contributed by atoms with E-state index in [1.165, 1.54) is 0 Å². The summed E-state index contributed by atoms with van der Waals surface area (Å²) in [4.78, 5) is -0.785. The molecule has 0 amide bonds. The minimum Gasteiger partial charge on any atom is -0.396 e. The molecule has 6 nitrogen and oxygen atoms in total. The van der Waals surface area contributed by atoms with E-state index in [0.29, 0.717) is 12.1 Å². The summed E-state index contributed by atoms with van der Waals surface area (Å²) in [5, 5.41) is 18.6. The lowest BCUT2D eigenvalue weighted by atomic mass is 10.3. The highest BCUT2D eigenvalue weighted by molar-refractivity contribution is 7.89. The largest absolute Gasteiger partial charge is 0.396 e. The smallest absolute Gasteiger partial charge is 0.246 e. The van der Waals surface area contributed by atoms with E-state index < -0.39 is 44.4 Å². The van der Waals surface area contributed by atoms with Crippen molar-refractivity contribution < 1.29 is 27.4 Å². The van der Waals surface area contributed by atoms with Crippen molar-refractivity contribution in [2.45, 2.75) is 17.1 Å². The summed E-state index contributed by atoms with van der Waals surface area (Å²) in [7, 11) is -4.28. The molecule has 0 saturated carbocycles. The number of nitrogen functional groups attached to an aromatic ring is 1. The second kappa shape index (κ2) is 4.67. The van der Waals surface area contributed by atoms with Crippen molar-refractivity contribution in [3.05, 3.63) is 23.8 Å². The zero-order valence-corrected chi connectivity index (χ0v) is 10.4. The van der Waals surface area contributed by atoms with Gasteiger partial charge in [-0.2, -0.15) is 4.31 Å². The number of hydrogen-bond acceptors (Lipinski definition) is 5. The van der Waals surface area contributed by atoms with Crippen molar-refractivity contribution >= 4 is 15.7 Å². The van der Waals surface area contributed by atoms with E-state index in [2.05, 4.69) is 0 Å². The Morgan fingerprint density at radius 3 is 2.21 bits per heavy atom. The standard InChI is InChI=1S/C10H12F2N2O4S/c11-5-1-6(12)10(2-7(5)13)19(17,18)14-3-8(15)9(16)4-14/h1-2,8-9,15-16H,3-4,13H2/t8-,9+. The number of halogens is 2. The van der Waals surface area contributed by atoms with Crippen LogP contribution in [0.25, 0.3) is 0 Å². The number of nitrogens with two attached hydrogens (primary N) is 1. The van der Waals surface area contributed by atoms with Crippen LogP contribution in [0.3, 0.4) is 0 Å². The molecule has 106 valence electrons. The van der Waals surface area contributed by atoms with Gasteiger partial charge in [-0.3, -0.25) is 0 Å². The number of benzene rings is 1. The van der Waals surface area contributed by atoms with Gasteiger partial charge in [0.05, 0.1) is 17.9 Å². The molecule has 1 saturated heterocycles. The predicted molar refractivity (Wildman–Crippen MR) is 61.5 cm³/mol. The number of aliphatic hydroxyl groups excluding tert-OH is 2. The fourth-order valence-electron chi connectivity index (χ4n) is 1.81. The third kappa shape index (κ3) is 2.41. The highest BCUT2D eigenvalue weighted by atomic mass is 32.2. The van der Waals surface area contributed by atoms with Gasteiger partial charge >= 0.3 is 0 Å². The number of β-amino-alcohol motifs (C(OH)–C–C–N with tert-alkyl or cyclic N) is 2. The molecule has 1 aliphatic heterocycles. The van der Waals surface area contributed by atoms with E-state index in [4.69, 9.17) is 5.73 Å². The first kappa shape index (κ1) is 14.1. The average Bonchev–Trinajstić information content (AvgIpc) is 2.65. The van der Waals surface area contributed by atoms with Crippen LogP contribution in [0.4, 0.5) is 14.5 Å². The van der Waals surface area contributed by atoms with Gasteiger partial charge in [-0.05, 0) is 6.07 Å². The quantitative estimate of drug-likeness (QED) is 0.624. The van der Waals surface area contributed by atoms with E-state index in [1.807, 2.05) is 0 Å². The average molecular weight is 294 g/mol. The molecule has 1 heterocycles. The van der Waals surface area contributed by atoms with Crippen LogP contribution in [-0.2, 0) is 10.0 Å². The van der Waals surface area contributed by atoms with Crippen LogP contribution in [-0.4, -0.2) is 48.2 Å². The molecular formula is C10H12F2N2O4S. The molecule has 1 aromatic carbocycles. The third-order valence-electron chi connectivity index (χ3n) is 2.89. The fourth-order valence-corrected chi connectivity index (χ4v) is 3.37. The zero-order valence-electron chi connectivity index (χ0n) is 9.62. The Morgan fingerprint density at radius 2 is 1.68 bits per heavy atom. The molecule has 1 aromatic rings. The van der Waals surface area contributed by atoms with Gasteiger partial charge in [0.25, 0.3) is 0 Å². The molecule has 0 aromatic heterocycles. The Hall–Kier alpha value is -1.29. The van der Waals surface area contributed by atoms with Crippen LogP contribution in [0.5, 0.6) is 0 Å². The summed E-state index contributed by atoms with van der Waals surface area (Å²) in [6.07, 6.45) is -2.48. The Morgan fingerprint density at radius 1 is 1.16 bits per heavy atom. The maximum atomic E-state index is 13.5. The molecule has 4 N–H and O–H groups in total. The lowest BCUT2D eigenvalue weighted by molar-refractivity contribution is 0.0572. The van der Waals surface area contributed by atoms with Crippen LogP contribution < -0.4 is 5.73 Å². The van der Waals surface area contributed by atoms with E-state index in [9.17, 15) is 27.4 Å². The van der Waals surface area contributed by atoms with E-state index >= 15 is 0 Å². The summed E-state index contributed by atoms with van der Waals surface area (Å²) in [6.45, 7) is -0.722. The lowest BCUT2D eigenvalue weighted by Gasteiger charge is -2.16. The molecule has 9 heteroatoms. The van der Waals surface area contributed by atoms with Gasteiger partial charge in [0, 0.05) is 19.2 Å². The van der Waals surface area contributed by atoms with Crippen LogP contribution in [0.15, 0.2) is 17.0 Å². The molecule has 2 atom stereocenters. The molecule has 1 aliphatic rings. The number of anilines is 1. The number of aliphatic hydroxyl groups is 2. The normalized spacial score (nSPS) is 24.8. The Labute approximate surface area is 108 Å². The number of nitrogens with zero attached hydrogens (tertiary/aromatic N) is 1. The van der Waals surface area contributed by atoms with Crippen molar-refractivity contribution in [3.8, 4) is 0 Å². The molecule has 0 unspecified atom stereocenters. The molecule has 1 fully saturated rings. The SMILES string of the molecule is Nc1cc(S(=O)(=O)N2C[C@@H](O)[C@@H](O)C2)c(F)cc1F. The van der Waals surface area contributed by atoms with Gasteiger partial charge in [0.2, 0.25) is 10.0 Å². The van der Waals surface area contributed by atoms with Gasteiger partial charge < -0.3 is 15.9 Å². The van der Waals surface area contributed by atoms with E-state index in [-0.39, 0.29) is 13.1 Å². The van der Waals surface area contributed by atoms with Gasteiger partial charge in [0.15, 0.2) is 0 Å². The van der Waals surface area contributed by atoms with Gasteiger partial charge in [-0.1, -0.05) is 0 Å². The van der Waals surface area contributed by atoms with E-state index in [0.717, 1.165) is 4.31 Å². The summed E-state index contributed by atoms with van der Waals surface area (Å²) in [5.41, 5.74) is 4.72. The molecule has 0 spiro atoms. The van der Waals surface area contributed by atoms with Crippen LogP contribution >= 0.6 is 0 Å². The number of sulfonamides is 1. The predicted octanol–water partition coefficient (Wildman–Crippen LogP) is -0.727. The van der Waals surface area contributed by atoms with Crippen molar-refractivity contribution in [2.24, 2.45) is 0 Å². The van der Waals surface area contributed by atoms with Crippen molar-refractivity contribution in [1.29, 1.82) is 0 Å². The monoisotopic (exact) mass is 294 g/mol. The molecule has 0 radical (unpaired) electrons. The Bertz CT molecular complexity index is 598. The fraction of sp³-hybridized carbons (Fsp3) is 0.400. The van der Waals surface area contributed by atoms with Crippen molar-refractivity contribution in [1.82, 2.24) is 4.31 Å². The summed E-state index contributed by atoms with van der Waals surface area (Å²) < 4.78 is 51.5. The van der Waals surface area contributed by atoms with Crippen molar-refractivity contribution in [2.75, 3.05) is 18.8 Å². The van der Waals surface area contributed by atoms with Gasteiger partial charge in [0.1, 0.15) is 16.5 Å². The van der Waals surface area contributed by atoms with Crippen LogP contribution in [0.1, 0.15) is 0 Å². The second-order valence-corrected chi connectivity index (χ2v) is 6.17. The summed E-state index contributed by atoms with van der Waals surface area (Å²) in [6, 6.07) is 1.06. The maximum Gasteiger partial charge on any atom is 0.246 e. The maximum absolute atomic E-state index is 13.5. The van der Waals surface area contributed by atoms with Gasteiger partial charge in [-0.25, -0.2) is 17.2 Å². The highest BCUT2D eigenvalue weighted by Gasteiger charge is 2.38. The number of rotatable bonds is 2. The number of hydrogen-bond donors (Lipinski definition) is 3. The van der Waals surface area contributed by atoms with Crippen LogP contribution in [0.2, 0.25) is 0 Å². The van der Waals surface area contributed by atoms with Gasteiger partial charge in [-0.15, -0.1) is 0 Å². The zero-order chi connectivity index (χ0) is 14.4. The third-order valence-corrected chi connectivity index (χ3v) is 4.74. The lowest BCUT2D eigenvalue weighted by Crippen LogP contribution is -2.30. The topological polar surface area (TPSA) is 104 Å². The minimum absolute atomic E-state index is 0.361. The Balaban J connectivity index is 2.43. The molecule has 0 aliphatic carbocycles. The highest BCUT2D eigenvalue weighted by Crippen LogP contribution is 2.26. The first-order valence-electron chi connectivity index (χ1n) is 5.34. The molecular weight excluding hydrogens is 282 g/mol.